The molecule has 0 spiro atoms. The Hall–Kier alpha value is -1.31. The highest BCUT2D eigenvalue weighted by atomic mass is 32.2. The Balaban J connectivity index is 2.07. The van der Waals surface area contributed by atoms with Crippen molar-refractivity contribution < 1.29 is 12.8 Å². The van der Waals surface area contributed by atoms with Crippen LogP contribution in [0.2, 0.25) is 0 Å². The van der Waals surface area contributed by atoms with Crippen LogP contribution in [0.4, 0.5) is 4.39 Å². The molecule has 0 amide bonds. The molecule has 4 nitrogen and oxygen atoms in total. The van der Waals surface area contributed by atoms with Crippen LogP contribution in [0.1, 0.15) is 28.1 Å². The zero-order chi connectivity index (χ0) is 15.5. The first-order chi connectivity index (χ1) is 9.89. The molecule has 0 unspecified atom stereocenters. The van der Waals surface area contributed by atoms with Gasteiger partial charge in [-0.25, -0.2) is 22.5 Å². The standard InChI is InChI=1S/C14H17FN2O2S2/c1-3-21(18,19)16-9-14-17-10(2)13(20-14)8-11-4-6-12(15)7-5-11/h4-7,16H,3,8-9H2,1-2H3. The highest BCUT2D eigenvalue weighted by Gasteiger charge is 2.11. The Bertz CT molecular complexity index is 709. The lowest BCUT2D eigenvalue weighted by Gasteiger charge is -2.00. The first-order valence-corrected chi connectivity index (χ1v) is 9.03. The molecular formula is C14H17FN2O2S2. The lowest BCUT2D eigenvalue weighted by atomic mass is 10.1. The minimum absolute atomic E-state index is 0.0554. The van der Waals surface area contributed by atoms with E-state index in [1.54, 1.807) is 19.1 Å². The van der Waals surface area contributed by atoms with Gasteiger partial charge in [-0.3, -0.25) is 0 Å². The molecule has 0 fully saturated rings. The van der Waals surface area contributed by atoms with Crippen LogP contribution in [0.3, 0.4) is 0 Å². The van der Waals surface area contributed by atoms with E-state index in [0.29, 0.717) is 6.42 Å². The van der Waals surface area contributed by atoms with Crippen LogP contribution >= 0.6 is 11.3 Å². The fraction of sp³-hybridized carbons (Fsp3) is 0.357. The summed E-state index contributed by atoms with van der Waals surface area (Å²) < 4.78 is 38.2. The maximum atomic E-state index is 12.9. The minimum atomic E-state index is -3.21. The summed E-state index contributed by atoms with van der Waals surface area (Å²) in [5.41, 5.74) is 1.89. The maximum Gasteiger partial charge on any atom is 0.211 e. The molecule has 1 aromatic carbocycles. The SMILES string of the molecule is CCS(=O)(=O)NCc1nc(C)c(Cc2ccc(F)cc2)s1. The van der Waals surface area contributed by atoms with Crippen molar-refractivity contribution in [3.8, 4) is 0 Å². The summed E-state index contributed by atoms with van der Waals surface area (Å²) in [5.74, 6) is -0.200. The van der Waals surface area contributed by atoms with E-state index in [0.717, 1.165) is 21.1 Å². The van der Waals surface area contributed by atoms with Gasteiger partial charge in [0.25, 0.3) is 0 Å². The van der Waals surface area contributed by atoms with Crippen LogP contribution in [0, 0.1) is 12.7 Å². The van der Waals surface area contributed by atoms with Crippen molar-refractivity contribution in [3.63, 3.8) is 0 Å². The Morgan fingerprint density at radius 2 is 1.95 bits per heavy atom. The van der Waals surface area contributed by atoms with E-state index < -0.39 is 10.0 Å². The van der Waals surface area contributed by atoms with Crippen molar-refractivity contribution >= 4 is 21.4 Å². The van der Waals surface area contributed by atoms with Gasteiger partial charge < -0.3 is 0 Å². The van der Waals surface area contributed by atoms with Crippen LogP contribution in [-0.4, -0.2) is 19.2 Å². The molecule has 2 aromatic rings. The molecule has 0 saturated heterocycles. The number of benzene rings is 1. The number of hydrogen-bond acceptors (Lipinski definition) is 4. The van der Waals surface area contributed by atoms with E-state index >= 15 is 0 Å². The Morgan fingerprint density at radius 1 is 1.29 bits per heavy atom. The normalized spacial score (nSPS) is 11.8. The summed E-state index contributed by atoms with van der Waals surface area (Å²) >= 11 is 1.48. The molecule has 0 aliphatic carbocycles. The minimum Gasteiger partial charge on any atom is -0.245 e. The average Bonchev–Trinajstić information content (AvgIpc) is 2.80. The average molecular weight is 328 g/mol. The lowest BCUT2D eigenvalue weighted by Crippen LogP contribution is -2.24. The van der Waals surface area contributed by atoms with Crippen LogP contribution in [0.5, 0.6) is 0 Å². The van der Waals surface area contributed by atoms with Gasteiger partial charge in [0.15, 0.2) is 0 Å². The number of sulfonamides is 1. The molecule has 1 aromatic heterocycles. The van der Waals surface area contributed by atoms with Crippen molar-refractivity contribution in [2.24, 2.45) is 0 Å². The fourth-order valence-electron chi connectivity index (χ4n) is 1.79. The number of hydrogen-bond donors (Lipinski definition) is 1. The van der Waals surface area contributed by atoms with E-state index in [1.165, 1.54) is 23.5 Å². The third-order valence-electron chi connectivity index (χ3n) is 3.04. The molecule has 114 valence electrons. The topological polar surface area (TPSA) is 59.1 Å². The molecule has 1 heterocycles. The van der Waals surface area contributed by atoms with E-state index in [2.05, 4.69) is 9.71 Å². The van der Waals surface area contributed by atoms with Gasteiger partial charge in [-0.2, -0.15) is 0 Å². The number of nitrogens with one attached hydrogen (secondary N) is 1. The van der Waals surface area contributed by atoms with Gasteiger partial charge in [-0.1, -0.05) is 12.1 Å². The van der Waals surface area contributed by atoms with Crippen LogP contribution < -0.4 is 4.72 Å². The van der Waals surface area contributed by atoms with Crippen molar-refractivity contribution in [1.29, 1.82) is 0 Å². The first kappa shape index (κ1) is 16.1. The predicted molar refractivity (Wildman–Crippen MR) is 82.4 cm³/mol. The van der Waals surface area contributed by atoms with Gasteiger partial charge in [-0.15, -0.1) is 11.3 Å². The summed E-state index contributed by atoms with van der Waals surface area (Å²) in [6, 6.07) is 6.35. The highest BCUT2D eigenvalue weighted by molar-refractivity contribution is 7.89. The fourth-order valence-corrected chi connectivity index (χ4v) is 3.48. The quantitative estimate of drug-likeness (QED) is 0.887. The van der Waals surface area contributed by atoms with Crippen LogP contribution in [0.25, 0.3) is 0 Å². The van der Waals surface area contributed by atoms with Crippen LogP contribution in [-0.2, 0) is 23.0 Å². The molecule has 0 bridgehead atoms. The van der Waals surface area contributed by atoms with Crippen molar-refractivity contribution in [3.05, 3.63) is 51.2 Å². The third-order valence-corrected chi connectivity index (χ3v) is 5.54. The highest BCUT2D eigenvalue weighted by Crippen LogP contribution is 2.22. The third kappa shape index (κ3) is 4.59. The first-order valence-electron chi connectivity index (χ1n) is 6.56. The predicted octanol–water partition coefficient (Wildman–Crippen LogP) is 2.62. The van der Waals surface area contributed by atoms with Gasteiger partial charge in [0.2, 0.25) is 10.0 Å². The van der Waals surface area contributed by atoms with Crippen LogP contribution in [0.15, 0.2) is 24.3 Å². The van der Waals surface area contributed by atoms with Gasteiger partial charge in [0.05, 0.1) is 18.0 Å². The van der Waals surface area contributed by atoms with E-state index in [1.807, 2.05) is 6.92 Å². The van der Waals surface area contributed by atoms with E-state index in [4.69, 9.17) is 0 Å². The number of rotatable bonds is 6. The van der Waals surface area contributed by atoms with Crippen molar-refractivity contribution in [2.45, 2.75) is 26.8 Å². The molecule has 0 radical (unpaired) electrons. The Kier molecular flexibility index (Phi) is 5.08. The number of aromatic nitrogens is 1. The molecule has 0 saturated carbocycles. The van der Waals surface area contributed by atoms with Gasteiger partial charge >= 0.3 is 0 Å². The largest absolute Gasteiger partial charge is 0.245 e. The van der Waals surface area contributed by atoms with Crippen molar-refractivity contribution in [1.82, 2.24) is 9.71 Å². The van der Waals surface area contributed by atoms with Gasteiger partial charge in [-0.05, 0) is 31.5 Å². The van der Waals surface area contributed by atoms with Crippen molar-refractivity contribution in [2.75, 3.05) is 5.75 Å². The monoisotopic (exact) mass is 328 g/mol. The maximum absolute atomic E-state index is 12.9. The molecule has 1 N–H and O–H groups in total. The Morgan fingerprint density at radius 3 is 2.57 bits per heavy atom. The second kappa shape index (κ2) is 6.64. The molecule has 21 heavy (non-hydrogen) atoms. The van der Waals surface area contributed by atoms with Gasteiger partial charge in [0, 0.05) is 11.3 Å². The summed E-state index contributed by atoms with van der Waals surface area (Å²) in [4.78, 5) is 5.44. The summed E-state index contributed by atoms with van der Waals surface area (Å²) in [6.45, 7) is 3.70. The van der Waals surface area contributed by atoms with Gasteiger partial charge in [0.1, 0.15) is 10.8 Å². The zero-order valence-corrected chi connectivity index (χ0v) is 13.5. The number of halogens is 1. The number of aryl methyl sites for hydroxylation is 1. The second-order valence-electron chi connectivity index (χ2n) is 4.64. The molecular weight excluding hydrogens is 311 g/mol. The summed E-state index contributed by atoms with van der Waals surface area (Å²) in [5, 5.41) is 0.738. The molecule has 2 rings (SSSR count). The lowest BCUT2D eigenvalue weighted by molar-refractivity contribution is 0.582. The second-order valence-corrected chi connectivity index (χ2v) is 7.91. The summed E-state index contributed by atoms with van der Waals surface area (Å²) in [7, 11) is -3.21. The van der Waals surface area contributed by atoms with E-state index in [9.17, 15) is 12.8 Å². The summed E-state index contributed by atoms with van der Waals surface area (Å²) in [6.07, 6.45) is 0.671. The molecule has 0 aliphatic rings. The molecule has 7 heteroatoms. The van der Waals surface area contributed by atoms with E-state index in [-0.39, 0.29) is 18.1 Å². The Labute approximate surface area is 128 Å². The molecule has 0 aliphatic heterocycles. The smallest absolute Gasteiger partial charge is 0.211 e. The zero-order valence-electron chi connectivity index (χ0n) is 11.9. The number of thiazole rings is 1. The number of nitrogens with zero attached hydrogens (tertiary/aromatic N) is 1. The molecule has 0 atom stereocenters.